The third-order valence-corrected chi connectivity index (χ3v) is 2.14. The van der Waals surface area contributed by atoms with Crippen molar-refractivity contribution in [1.29, 1.82) is 0 Å². The molecule has 1 fully saturated rings. The normalized spacial score (nSPS) is 34.6. The molecule has 0 spiro atoms. The average molecular weight is 219 g/mol. The Labute approximate surface area is 80.7 Å². The molecule has 0 unspecified atom stereocenters. The van der Waals surface area contributed by atoms with Crippen LogP contribution in [0.2, 0.25) is 0 Å². The molecule has 1 saturated heterocycles. The van der Waals surface area contributed by atoms with Crippen LogP contribution in [0, 0.1) is 0 Å². The van der Waals surface area contributed by atoms with Crippen LogP contribution in [0.1, 0.15) is 13.8 Å². The maximum Gasteiger partial charge on any atom is 0.240 e. The molecule has 0 aromatic carbocycles. The van der Waals surface area contributed by atoms with Gasteiger partial charge in [0.1, 0.15) is 0 Å². The van der Waals surface area contributed by atoms with Gasteiger partial charge in [0.15, 0.2) is 0 Å². The van der Waals surface area contributed by atoms with Crippen LogP contribution < -0.4 is 0 Å². The van der Waals surface area contributed by atoms with Gasteiger partial charge in [-0.3, -0.25) is 0 Å². The zero-order chi connectivity index (χ0) is 8.65. The minimum absolute atomic E-state index is 0.0179. The van der Waals surface area contributed by atoms with Crippen LogP contribution in [0.25, 0.3) is 0 Å². The molecule has 0 amide bonds. The summed E-state index contributed by atoms with van der Waals surface area (Å²) < 4.78 is 8.95. The molecule has 0 aromatic heterocycles. The van der Waals surface area contributed by atoms with Gasteiger partial charge in [-0.1, -0.05) is 34.8 Å². The monoisotopic (exact) mass is 218 g/mol. The van der Waals surface area contributed by atoms with Crippen LogP contribution in [0.15, 0.2) is 0 Å². The molecular formula is C6H9Cl3O2. The SMILES string of the molecule is C[C@@H]1OC(C(Cl)(Cl)Cl)O[C@H]1C. The molecule has 2 nitrogen and oxygen atoms in total. The van der Waals surface area contributed by atoms with Gasteiger partial charge in [-0.25, -0.2) is 0 Å². The van der Waals surface area contributed by atoms with E-state index < -0.39 is 10.1 Å². The second-order valence-electron chi connectivity index (χ2n) is 2.56. The summed E-state index contributed by atoms with van der Waals surface area (Å²) in [6.07, 6.45) is -0.774. The highest BCUT2D eigenvalue weighted by Gasteiger charge is 2.42. The van der Waals surface area contributed by atoms with Gasteiger partial charge in [0.25, 0.3) is 0 Å². The molecular weight excluding hydrogens is 210 g/mol. The molecule has 5 heteroatoms. The van der Waals surface area contributed by atoms with Crippen molar-refractivity contribution < 1.29 is 9.47 Å². The van der Waals surface area contributed by atoms with Crippen LogP contribution in [0.4, 0.5) is 0 Å². The highest BCUT2D eigenvalue weighted by Crippen LogP contribution is 2.37. The average Bonchev–Trinajstić information content (AvgIpc) is 2.11. The maximum atomic E-state index is 5.55. The number of halogens is 3. The van der Waals surface area contributed by atoms with E-state index in [1.54, 1.807) is 0 Å². The summed E-state index contributed by atoms with van der Waals surface area (Å²) in [6, 6.07) is 0. The van der Waals surface area contributed by atoms with E-state index in [1.807, 2.05) is 13.8 Å². The van der Waals surface area contributed by atoms with Gasteiger partial charge in [0.2, 0.25) is 10.1 Å². The molecule has 0 N–H and O–H groups in total. The molecule has 2 atom stereocenters. The zero-order valence-electron chi connectivity index (χ0n) is 6.18. The summed E-state index contributed by atoms with van der Waals surface area (Å²) in [7, 11) is 0. The van der Waals surface area contributed by atoms with Crippen molar-refractivity contribution in [1.82, 2.24) is 0 Å². The van der Waals surface area contributed by atoms with Gasteiger partial charge >= 0.3 is 0 Å². The minimum atomic E-state index is -1.49. The lowest BCUT2D eigenvalue weighted by Gasteiger charge is -2.17. The number of hydrogen-bond donors (Lipinski definition) is 0. The Kier molecular flexibility index (Phi) is 2.93. The van der Waals surface area contributed by atoms with Crippen molar-refractivity contribution in [3.05, 3.63) is 0 Å². The Morgan fingerprint density at radius 3 is 1.55 bits per heavy atom. The van der Waals surface area contributed by atoms with Gasteiger partial charge in [-0.15, -0.1) is 0 Å². The summed E-state index contributed by atoms with van der Waals surface area (Å²) in [5, 5.41) is 0. The van der Waals surface area contributed by atoms with Crippen molar-refractivity contribution in [2.24, 2.45) is 0 Å². The van der Waals surface area contributed by atoms with Crippen molar-refractivity contribution >= 4 is 34.8 Å². The molecule has 1 aliphatic heterocycles. The van der Waals surface area contributed by atoms with E-state index in [9.17, 15) is 0 Å². The number of rotatable bonds is 0. The smallest absolute Gasteiger partial charge is 0.240 e. The zero-order valence-corrected chi connectivity index (χ0v) is 8.45. The largest absolute Gasteiger partial charge is 0.343 e. The first-order valence-electron chi connectivity index (χ1n) is 3.29. The van der Waals surface area contributed by atoms with E-state index in [0.29, 0.717) is 0 Å². The van der Waals surface area contributed by atoms with E-state index in [2.05, 4.69) is 0 Å². The third kappa shape index (κ3) is 2.36. The summed E-state index contributed by atoms with van der Waals surface area (Å²) in [5.74, 6) is 0. The van der Waals surface area contributed by atoms with Crippen molar-refractivity contribution in [2.75, 3.05) is 0 Å². The molecule has 11 heavy (non-hydrogen) atoms. The molecule has 1 rings (SSSR count). The van der Waals surface area contributed by atoms with Crippen molar-refractivity contribution in [3.8, 4) is 0 Å². The fraction of sp³-hybridized carbons (Fsp3) is 1.00. The Bertz CT molecular complexity index is 135. The summed E-state index contributed by atoms with van der Waals surface area (Å²) in [4.78, 5) is 0. The lowest BCUT2D eigenvalue weighted by Crippen LogP contribution is -2.26. The standard InChI is InChI=1S/C6H9Cl3O2/c1-3-4(2)11-5(10-3)6(7,8)9/h3-5H,1-2H3/t3-,4-/m0/s1. The number of alkyl halides is 3. The van der Waals surface area contributed by atoms with Crippen LogP contribution in [0.3, 0.4) is 0 Å². The van der Waals surface area contributed by atoms with E-state index in [0.717, 1.165) is 0 Å². The topological polar surface area (TPSA) is 18.5 Å². The first kappa shape index (κ1) is 9.87. The highest BCUT2D eigenvalue weighted by atomic mass is 35.6. The van der Waals surface area contributed by atoms with E-state index >= 15 is 0 Å². The van der Waals surface area contributed by atoms with Crippen LogP contribution in [0.5, 0.6) is 0 Å². The lowest BCUT2D eigenvalue weighted by molar-refractivity contribution is -0.0583. The molecule has 0 radical (unpaired) electrons. The fourth-order valence-corrected chi connectivity index (χ4v) is 1.11. The van der Waals surface area contributed by atoms with Gasteiger partial charge in [-0.05, 0) is 13.8 Å². The molecule has 0 aliphatic carbocycles. The van der Waals surface area contributed by atoms with Crippen LogP contribution >= 0.6 is 34.8 Å². The fourth-order valence-electron chi connectivity index (χ4n) is 0.798. The van der Waals surface area contributed by atoms with Crippen molar-refractivity contribution in [2.45, 2.75) is 36.1 Å². The quantitative estimate of drug-likeness (QED) is 0.583. The highest BCUT2D eigenvalue weighted by molar-refractivity contribution is 6.67. The Morgan fingerprint density at radius 1 is 1.00 bits per heavy atom. The van der Waals surface area contributed by atoms with E-state index in [1.165, 1.54) is 0 Å². The first-order valence-corrected chi connectivity index (χ1v) is 4.42. The third-order valence-electron chi connectivity index (χ3n) is 1.60. The predicted octanol–water partition coefficient (Wildman–Crippen LogP) is 2.51. The Balaban J connectivity index is 2.54. The van der Waals surface area contributed by atoms with Gasteiger partial charge in [0, 0.05) is 0 Å². The van der Waals surface area contributed by atoms with Gasteiger partial charge in [-0.2, -0.15) is 0 Å². The maximum absolute atomic E-state index is 5.55. The minimum Gasteiger partial charge on any atom is -0.343 e. The van der Waals surface area contributed by atoms with Crippen LogP contribution in [-0.4, -0.2) is 22.3 Å². The molecule has 0 aromatic rings. The van der Waals surface area contributed by atoms with Gasteiger partial charge < -0.3 is 9.47 Å². The molecule has 66 valence electrons. The summed E-state index contributed by atoms with van der Waals surface area (Å²) in [6.45, 7) is 3.75. The molecule has 1 aliphatic rings. The van der Waals surface area contributed by atoms with E-state index in [-0.39, 0.29) is 12.2 Å². The lowest BCUT2D eigenvalue weighted by atomic mass is 10.3. The van der Waals surface area contributed by atoms with Crippen LogP contribution in [-0.2, 0) is 9.47 Å². The molecule has 1 heterocycles. The summed E-state index contributed by atoms with van der Waals surface area (Å²) >= 11 is 16.7. The first-order chi connectivity index (χ1) is 4.91. The summed E-state index contributed by atoms with van der Waals surface area (Å²) in [5.41, 5.74) is 0. The molecule has 0 bridgehead atoms. The second kappa shape index (κ2) is 3.27. The molecule has 0 saturated carbocycles. The van der Waals surface area contributed by atoms with E-state index in [4.69, 9.17) is 44.3 Å². The predicted molar refractivity (Wildman–Crippen MR) is 45.2 cm³/mol. The van der Waals surface area contributed by atoms with Crippen molar-refractivity contribution in [3.63, 3.8) is 0 Å². The second-order valence-corrected chi connectivity index (χ2v) is 4.92. The number of ether oxygens (including phenoxy) is 2. The number of hydrogen-bond acceptors (Lipinski definition) is 2. The Morgan fingerprint density at radius 2 is 1.36 bits per heavy atom. The van der Waals surface area contributed by atoms with Gasteiger partial charge in [0.05, 0.1) is 12.2 Å². The Hall–Kier alpha value is 0.790.